The zero-order valence-corrected chi connectivity index (χ0v) is 14.2. The highest BCUT2D eigenvalue weighted by atomic mass is 35.5. The molecule has 1 aliphatic carbocycles. The van der Waals surface area contributed by atoms with Crippen molar-refractivity contribution in [3.8, 4) is 0 Å². The molecular formula is C17H22Cl2N2. The first kappa shape index (κ1) is 15.2. The molecule has 4 heteroatoms. The number of alkyl halides is 1. The summed E-state index contributed by atoms with van der Waals surface area (Å²) < 4.78 is 2.36. The molecule has 0 radical (unpaired) electrons. The zero-order chi connectivity index (χ0) is 15.0. The van der Waals surface area contributed by atoms with E-state index < -0.39 is 0 Å². The fraction of sp³-hybridized carbons (Fsp3) is 0.588. The number of benzene rings is 1. The van der Waals surface area contributed by atoms with Gasteiger partial charge in [-0.05, 0) is 44.2 Å². The quantitative estimate of drug-likeness (QED) is 0.479. The van der Waals surface area contributed by atoms with Crippen LogP contribution >= 0.6 is 23.2 Å². The first-order valence-corrected chi connectivity index (χ1v) is 8.69. The van der Waals surface area contributed by atoms with Gasteiger partial charge in [0.25, 0.3) is 0 Å². The summed E-state index contributed by atoms with van der Waals surface area (Å²) in [6.07, 6.45) is 6.30. The topological polar surface area (TPSA) is 17.8 Å². The van der Waals surface area contributed by atoms with Crippen molar-refractivity contribution in [1.82, 2.24) is 9.55 Å². The summed E-state index contributed by atoms with van der Waals surface area (Å²) in [5.41, 5.74) is 2.02. The number of hydrogen-bond acceptors (Lipinski definition) is 1. The summed E-state index contributed by atoms with van der Waals surface area (Å²) in [6.45, 7) is 4.35. The summed E-state index contributed by atoms with van der Waals surface area (Å²) in [5, 5.41) is 0.612. The maximum atomic E-state index is 6.39. The number of halogens is 2. The van der Waals surface area contributed by atoms with Crippen molar-refractivity contribution in [2.75, 3.05) is 0 Å². The Bertz CT molecular complexity index is 633. The number of fused-ring (bicyclic) bond motifs is 1. The van der Waals surface area contributed by atoms with Gasteiger partial charge in [0.05, 0.1) is 15.9 Å². The number of hydrogen-bond donors (Lipinski definition) is 0. The lowest BCUT2D eigenvalue weighted by molar-refractivity contribution is 0.430. The summed E-state index contributed by atoms with van der Waals surface area (Å²) in [5.74, 6) is 1.78. The van der Waals surface area contributed by atoms with Gasteiger partial charge in [0.15, 0.2) is 0 Å². The van der Waals surface area contributed by atoms with E-state index >= 15 is 0 Å². The van der Waals surface area contributed by atoms with Gasteiger partial charge < -0.3 is 4.57 Å². The third-order valence-corrected chi connectivity index (χ3v) is 5.15. The molecule has 0 aliphatic heterocycles. The van der Waals surface area contributed by atoms with Crippen LogP contribution in [0.4, 0.5) is 0 Å². The van der Waals surface area contributed by atoms with Gasteiger partial charge in [-0.25, -0.2) is 4.98 Å². The number of aromatic nitrogens is 2. The van der Waals surface area contributed by atoms with Gasteiger partial charge in [-0.1, -0.05) is 37.4 Å². The van der Waals surface area contributed by atoms with Crippen LogP contribution in [-0.2, 0) is 0 Å². The lowest BCUT2D eigenvalue weighted by atomic mass is 10.0. The SMILES string of the molecule is CC1CCCC(n2c(C(C)Cl)nc3c(Cl)cccc32)CC1. The number of para-hydroxylation sites is 1. The monoisotopic (exact) mass is 324 g/mol. The minimum atomic E-state index is -0.103. The molecule has 1 fully saturated rings. The molecule has 3 unspecified atom stereocenters. The molecule has 0 N–H and O–H groups in total. The fourth-order valence-corrected chi connectivity index (χ4v) is 3.86. The fourth-order valence-electron chi connectivity index (χ4n) is 3.49. The molecule has 0 saturated heterocycles. The van der Waals surface area contributed by atoms with Crippen LogP contribution in [0.25, 0.3) is 11.0 Å². The van der Waals surface area contributed by atoms with E-state index in [1.807, 2.05) is 19.1 Å². The second-order valence-corrected chi connectivity index (χ2v) is 7.39. The van der Waals surface area contributed by atoms with Crippen LogP contribution in [0.15, 0.2) is 18.2 Å². The normalized spacial score (nSPS) is 25.0. The second-order valence-electron chi connectivity index (χ2n) is 6.33. The molecule has 2 nitrogen and oxygen atoms in total. The molecule has 0 amide bonds. The van der Waals surface area contributed by atoms with Crippen LogP contribution in [0.1, 0.15) is 63.2 Å². The van der Waals surface area contributed by atoms with Crippen LogP contribution in [0, 0.1) is 5.92 Å². The first-order valence-electron chi connectivity index (χ1n) is 7.88. The highest BCUT2D eigenvalue weighted by molar-refractivity contribution is 6.35. The van der Waals surface area contributed by atoms with Gasteiger partial charge in [-0.3, -0.25) is 0 Å². The molecule has 114 valence electrons. The van der Waals surface area contributed by atoms with Crippen LogP contribution in [0.5, 0.6) is 0 Å². The zero-order valence-electron chi connectivity index (χ0n) is 12.6. The van der Waals surface area contributed by atoms with Gasteiger partial charge >= 0.3 is 0 Å². The first-order chi connectivity index (χ1) is 10.1. The Morgan fingerprint density at radius 3 is 2.81 bits per heavy atom. The average Bonchev–Trinajstić information content (AvgIpc) is 2.71. The molecule has 1 aliphatic rings. The molecule has 21 heavy (non-hydrogen) atoms. The Morgan fingerprint density at radius 2 is 2.05 bits per heavy atom. The molecule has 3 rings (SSSR count). The Kier molecular flexibility index (Phi) is 4.46. The van der Waals surface area contributed by atoms with Crippen molar-refractivity contribution in [1.29, 1.82) is 0 Å². The van der Waals surface area contributed by atoms with Crippen LogP contribution < -0.4 is 0 Å². The molecule has 0 bridgehead atoms. The predicted molar refractivity (Wildman–Crippen MR) is 90.3 cm³/mol. The van der Waals surface area contributed by atoms with Crippen molar-refractivity contribution in [3.05, 3.63) is 29.0 Å². The Hall–Kier alpha value is -0.730. The highest BCUT2D eigenvalue weighted by Gasteiger charge is 2.24. The van der Waals surface area contributed by atoms with Crippen molar-refractivity contribution < 1.29 is 0 Å². The molecule has 1 aromatic heterocycles. The van der Waals surface area contributed by atoms with E-state index in [0.717, 1.165) is 22.8 Å². The van der Waals surface area contributed by atoms with Crippen LogP contribution in [-0.4, -0.2) is 9.55 Å². The minimum Gasteiger partial charge on any atom is -0.324 e. The third-order valence-electron chi connectivity index (χ3n) is 4.65. The van der Waals surface area contributed by atoms with Crippen molar-refractivity contribution in [2.24, 2.45) is 5.92 Å². The Balaban J connectivity index is 2.11. The lowest BCUT2D eigenvalue weighted by Gasteiger charge is -2.21. The average molecular weight is 325 g/mol. The summed E-state index contributed by atoms with van der Waals surface area (Å²) in [4.78, 5) is 4.74. The Labute approximate surface area is 136 Å². The van der Waals surface area contributed by atoms with Crippen LogP contribution in [0.2, 0.25) is 5.02 Å². The summed E-state index contributed by atoms with van der Waals surface area (Å²) in [7, 11) is 0. The maximum absolute atomic E-state index is 6.39. The van der Waals surface area contributed by atoms with Crippen molar-refractivity contribution in [3.63, 3.8) is 0 Å². The molecule has 1 saturated carbocycles. The second kappa shape index (κ2) is 6.18. The van der Waals surface area contributed by atoms with E-state index in [1.165, 1.54) is 32.1 Å². The van der Waals surface area contributed by atoms with Gasteiger partial charge in [-0.2, -0.15) is 0 Å². The molecule has 1 aromatic carbocycles. The minimum absolute atomic E-state index is 0.103. The van der Waals surface area contributed by atoms with E-state index in [0.29, 0.717) is 11.1 Å². The largest absolute Gasteiger partial charge is 0.324 e. The maximum Gasteiger partial charge on any atom is 0.128 e. The van der Waals surface area contributed by atoms with Gasteiger partial charge in [0.2, 0.25) is 0 Å². The lowest BCUT2D eigenvalue weighted by Crippen LogP contribution is -2.12. The van der Waals surface area contributed by atoms with Crippen molar-refractivity contribution in [2.45, 2.75) is 57.4 Å². The Morgan fingerprint density at radius 1 is 1.24 bits per heavy atom. The summed E-state index contributed by atoms with van der Waals surface area (Å²) >= 11 is 12.7. The molecule has 2 aromatic rings. The summed E-state index contributed by atoms with van der Waals surface area (Å²) in [6, 6.07) is 6.52. The smallest absolute Gasteiger partial charge is 0.128 e. The van der Waals surface area contributed by atoms with E-state index in [-0.39, 0.29) is 5.38 Å². The number of imidazole rings is 1. The highest BCUT2D eigenvalue weighted by Crippen LogP contribution is 2.37. The standard InChI is InChI=1S/C17H22Cl2N2/c1-11-5-3-6-13(10-9-11)21-15-8-4-7-14(19)16(15)20-17(21)12(2)18/h4,7-8,11-13H,3,5-6,9-10H2,1-2H3. The van der Waals surface area contributed by atoms with Crippen molar-refractivity contribution >= 4 is 34.2 Å². The van der Waals surface area contributed by atoms with E-state index in [9.17, 15) is 0 Å². The number of rotatable bonds is 2. The molecule has 0 spiro atoms. The van der Waals surface area contributed by atoms with Gasteiger partial charge in [0.1, 0.15) is 11.3 Å². The van der Waals surface area contributed by atoms with Gasteiger partial charge in [0, 0.05) is 6.04 Å². The predicted octanol–water partition coefficient (Wildman–Crippen LogP) is 6.13. The molecule has 1 heterocycles. The third kappa shape index (κ3) is 2.93. The van der Waals surface area contributed by atoms with E-state index in [4.69, 9.17) is 28.2 Å². The molecule has 3 atom stereocenters. The molecular weight excluding hydrogens is 303 g/mol. The van der Waals surface area contributed by atoms with Gasteiger partial charge in [-0.15, -0.1) is 11.6 Å². The van der Waals surface area contributed by atoms with E-state index in [1.54, 1.807) is 0 Å². The number of nitrogens with zero attached hydrogens (tertiary/aromatic N) is 2. The van der Waals surface area contributed by atoms with E-state index in [2.05, 4.69) is 17.6 Å². The van der Waals surface area contributed by atoms with Crippen LogP contribution in [0.3, 0.4) is 0 Å².